The quantitative estimate of drug-likeness (QED) is 0.817. The van der Waals surface area contributed by atoms with E-state index in [0.717, 1.165) is 74.8 Å². The van der Waals surface area contributed by atoms with Crippen LogP contribution in [0.4, 0.5) is 0 Å². The summed E-state index contributed by atoms with van der Waals surface area (Å²) in [4.78, 5) is 29.5. The Morgan fingerprint density at radius 3 is 2.96 bits per heavy atom. The topological polar surface area (TPSA) is 53.8 Å². The van der Waals surface area contributed by atoms with E-state index in [1.807, 2.05) is 34.1 Å². The van der Waals surface area contributed by atoms with Crippen LogP contribution in [0.15, 0.2) is 34.9 Å². The fourth-order valence-corrected chi connectivity index (χ4v) is 4.65. The molecule has 0 saturated carbocycles. The van der Waals surface area contributed by atoms with Gasteiger partial charge in [0, 0.05) is 49.0 Å². The van der Waals surface area contributed by atoms with Gasteiger partial charge in [-0.25, -0.2) is 0 Å². The molecule has 2 aliphatic heterocycles. The highest BCUT2D eigenvalue weighted by Gasteiger charge is 2.42. The van der Waals surface area contributed by atoms with Crippen LogP contribution < -0.4 is 0 Å². The van der Waals surface area contributed by atoms with Crippen molar-refractivity contribution in [2.24, 2.45) is 5.41 Å². The summed E-state index contributed by atoms with van der Waals surface area (Å²) in [5.74, 6) is 0.372. The lowest BCUT2D eigenvalue weighted by molar-refractivity contribution is -0.139. The molecule has 2 fully saturated rings. The number of rotatable bonds is 4. The Kier molecular flexibility index (Phi) is 4.94. The molecule has 2 amide bonds. The second kappa shape index (κ2) is 7.37. The molecule has 0 aliphatic carbocycles. The number of benzene rings is 1. The molecule has 0 radical (unpaired) electrons. The molecule has 1 atom stereocenters. The van der Waals surface area contributed by atoms with Gasteiger partial charge in [0.25, 0.3) is 5.91 Å². The predicted octanol–water partition coefficient (Wildman–Crippen LogP) is 4.08. The normalized spacial score (nSPS) is 23.4. The van der Waals surface area contributed by atoms with Crippen LogP contribution in [0.1, 0.15) is 55.8 Å². The second-order valence-corrected chi connectivity index (χ2v) is 8.17. The third kappa shape index (κ3) is 3.60. The first-order valence-electron chi connectivity index (χ1n) is 10.1. The number of piperidine rings is 2. The van der Waals surface area contributed by atoms with Crippen LogP contribution in [0.5, 0.6) is 0 Å². The minimum absolute atomic E-state index is 0.0648. The molecule has 1 aromatic carbocycles. The van der Waals surface area contributed by atoms with Crippen LogP contribution in [0.2, 0.25) is 0 Å². The molecular formula is C22H28N2O3. The largest absolute Gasteiger partial charge is 0.464 e. The van der Waals surface area contributed by atoms with Crippen molar-refractivity contribution in [2.45, 2.75) is 45.4 Å². The van der Waals surface area contributed by atoms with Crippen molar-refractivity contribution in [3.05, 3.63) is 36.1 Å². The maximum absolute atomic E-state index is 13.1. The third-order valence-electron chi connectivity index (χ3n) is 6.18. The Balaban J connectivity index is 1.49. The summed E-state index contributed by atoms with van der Waals surface area (Å²) in [5, 5.41) is 0.960. The summed E-state index contributed by atoms with van der Waals surface area (Å²) in [7, 11) is 0. The van der Waals surface area contributed by atoms with Crippen LogP contribution in [-0.2, 0) is 4.79 Å². The van der Waals surface area contributed by atoms with Crippen LogP contribution in [0.3, 0.4) is 0 Å². The Morgan fingerprint density at radius 2 is 2.11 bits per heavy atom. The van der Waals surface area contributed by atoms with Crippen molar-refractivity contribution >= 4 is 22.8 Å². The smallest absolute Gasteiger partial charge is 0.253 e. The van der Waals surface area contributed by atoms with Crippen molar-refractivity contribution in [3.8, 4) is 0 Å². The van der Waals surface area contributed by atoms with Crippen LogP contribution in [-0.4, -0.2) is 47.8 Å². The summed E-state index contributed by atoms with van der Waals surface area (Å²) < 4.78 is 5.38. The van der Waals surface area contributed by atoms with Gasteiger partial charge in [0.2, 0.25) is 5.91 Å². The van der Waals surface area contributed by atoms with E-state index in [0.29, 0.717) is 6.42 Å². The number of amides is 2. The molecule has 5 nitrogen and oxygen atoms in total. The maximum atomic E-state index is 13.1. The summed E-state index contributed by atoms with van der Waals surface area (Å²) in [6.07, 6.45) is 7.43. The van der Waals surface area contributed by atoms with E-state index >= 15 is 0 Å². The second-order valence-electron chi connectivity index (χ2n) is 8.17. The highest BCUT2D eigenvalue weighted by atomic mass is 16.3. The predicted molar refractivity (Wildman–Crippen MR) is 105 cm³/mol. The number of carbonyl (C=O) groups is 2. The average Bonchev–Trinajstić information content (AvgIpc) is 3.16. The molecule has 144 valence electrons. The molecular weight excluding hydrogens is 340 g/mol. The molecule has 2 saturated heterocycles. The highest BCUT2D eigenvalue weighted by molar-refractivity contribution is 5.97. The van der Waals surface area contributed by atoms with Crippen molar-refractivity contribution in [1.82, 2.24) is 9.80 Å². The maximum Gasteiger partial charge on any atom is 0.253 e. The van der Waals surface area contributed by atoms with E-state index in [1.54, 1.807) is 6.26 Å². The van der Waals surface area contributed by atoms with Crippen molar-refractivity contribution in [1.29, 1.82) is 0 Å². The molecule has 2 aromatic rings. The minimum atomic E-state index is 0.0648. The summed E-state index contributed by atoms with van der Waals surface area (Å²) in [6.45, 7) is 5.36. The van der Waals surface area contributed by atoms with Gasteiger partial charge in [0.15, 0.2) is 0 Å². The van der Waals surface area contributed by atoms with Crippen molar-refractivity contribution in [3.63, 3.8) is 0 Å². The van der Waals surface area contributed by atoms with Gasteiger partial charge in [0.1, 0.15) is 5.58 Å². The number of nitrogens with zero attached hydrogens (tertiary/aromatic N) is 2. The molecule has 1 spiro atoms. The zero-order valence-electron chi connectivity index (χ0n) is 16.1. The Hall–Kier alpha value is -2.30. The number of hydrogen-bond donors (Lipinski definition) is 0. The number of likely N-dealkylation sites (tertiary alicyclic amines) is 2. The van der Waals surface area contributed by atoms with Gasteiger partial charge in [-0.3, -0.25) is 9.59 Å². The van der Waals surface area contributed by atoms with E-state index in [4.69, 9.17) is 4.42 Å². The first-order chi connectivity index (χ1) is 13.1. The molecule has 0 bridgehead atoms. The average molecular weight is 368 g/mol. The van der Waals surface area contributed by atoms with Crippen LogP contribution >= 0.6 is 0 Å². The molecule has 1 unspecified atom stereocenters. The Labute approximate surface area is 160 Å². The van der Waals surface area contributed by atoms with Gasteiger partial charge in [-0.2, -0.15) is 0 Å². The number of carbonyl (C=O) groups excluding carboxylic acids is 2. The zero-order chi connectivity index (χ0) is 18.9. The Bertz CT molecular complexity index is 843. The van der Waals surface area contributed by atoms with Crippen LogP contribution in [0, 0.1) is 5.41 Å². The highest BCUT2D eigenvalue weighted by Crippen LogP contribution is 2.39. The monoisotopic (exact) mass is 368 g/mol. The summed E-state index contributed by atoms with van der Waals surface area (Å²) >= 11 is 0. The molecule has 0 N–H and O–H groups in total. The molecule has 3 heterocycles. The van der Waals surface area contributed by atoms with Gasteiger partial charge in [-0.1, -0.05) is 13.3 Å². The van der Waals surface area contributed by atoms with Gasteiger partial charge >= 0.3 is 0 Å². The molecule has 27 heavy (non-hydrogen) atoms. The van der Waals surface area contributed by atoms with E-state index in [2.05, 4.69) is 6.92 Å². The zero-order valence-corrected chi connectivity index (χ0v) is 16.1. The van der Waals surface area contributed by atoms with Gasteiger partial charge in [-0.15, -0.1) is 0 Å². The Morgan fingerprint density at radius 1 is 1.22 bits per heavy atom. The fourth-order valence-electron chi connectivity index (χ4n) is 4.65. The van der Waals surface area contributed by atoms with E-state index < -0.39 is 0 Å². The summed E-state index contributed by atoms with van der Waals surface area (Å²) in [6, 6.07) is 7.53. The standard InChI is InChI=1S/C22H28N2O3/c1-2-3-11-23-15-22(10-7-20(23)25)9-4-12-24(16-22)21(26)18-5-6-19-17(14-18)8-13-27-19/h5-6,8,13-14H,2-4,7,9-12,15-16H2,1H3. The lowest BCUT2D eigenvalue weighted by Gasteiger charge is -2.48. The number of fused-ring (bicyclic) bond motifs is 1. The van der Waals surface area contributed by atoms with Gasteiger partial charge < -0.3 is 14.2 Å². The molecule has 1 aromatic heterocycles. The SMILES string of the molecule is CCCCN1CC2(CCCN(C(=O)c3ccc4occc4c3)C2)CCC1=O. The van der Waals surface area contributed by atoms with Crippen molar-refractivity contribution < 1.29 is 14.0 Å². The lowest BCUT2D eigenvalue weighted by atomic mass is 9.73. The van der Waals surface area contributed by atoms with E-state index in [1.165, 1.54) is 0 Å². The third-order valence-corrected chi connectivity index (χ3v) is 6.18. The fraction of sp³-hybridized carbons (Fsp3) is 0.545. The molecule has 5 heteroatoms. The van der Waals surface area contributed by atoms with E-state index in [-0.39, 0.29) is 17.2 Å². The van der Waals surface area contributed by atoms with Gasteiger partial charge in [-0.05, 0) is 49.9 Å². The van der Waals surface area contributed by atoms with Gasteiger partial charge in [0.05, 0.1) is 6.26 Å². The number of unbranched alkanes of at least 4 members (excludes halogenated alkanes) is 1. The minimum Gasteiger partial charge on any atom is -0.464 e. The number of furan rings is 1. The molecule has 2 aliphatic rings. The van der Waals surface area contributed by atoms with Crippen LogP contribution in [0.25, 0.3) is 11.0 Å². The first kappa shape index (κ1) is 18.1. The number of hydrogen-bond acceptors (Lipinski definition) is 3. The molecule has 4 rings (SSSR count). The van der Waals surface area contributed by atoms with E-state index in [9.17, 15) is 9.59 Å². The lowest BCUT2D eigenvalue weighted by Crippen LogP contribution is -2.55. The van der Waals surface area contributed by atoms with Crippen molar-refractivity contribution in [2.75, 3.05) is 26.2 Å². The first-order valence-corrected chi connectivity index (χ1v) is 10.1. The summed E-state index contributed by atoms with van der Waals surface area (Å²) in [5.41, 5.74) is 1.59.